The van der Waals surface area contributed by atoms with Crippen molar-refractivity contribution in [1.82, 2.24) is 10.3 Å². The molecule has 1 aromatic heterocycles. The first-order valence-electron chi connectivity index (χ1n) is 7.40. The molecule has 0 fully saturated rings. The first kappa shape index (κ1) is 14.5. The molecule has 0 aromatic carbocycles. The maximum Gasteiger partial charge on any atom is 0.0587 e. The van der Waals surface area contributed by atoms with Gasteiger partial charge in [-0.2, -0.15) is 0 Å². The molecule has 0 spiro atoms. The van der Waals surface area contributed by atoms with Crippen LogP contribution in [0.5, 0.6) is 0 Å². The van der Waals surface area contributed by atoms with E-state index in [1.807, 2.05) is 6.20 Å². The molecule has 0 radical (unpaired) electrons. The Kier molecular flexibility index (Phi) is 5.34. The van der Waals surface area contributed by atoms with Crippen LogP contribution in [0.3, 0.4) is 0 Å². The summed E-state index contributed by atoms with van der Waals surface area (Å²) in [5.74, 6) is 1.20. The zero-order chi connectivity index (χ0) is 13.7. The molecular formula is C16H26N2O. The van der Waals surface area contributed by atoms with E-state index in [-0.39, 0.29) is 0 Å². The fourth-order valence-corrected chi connectivity index (χ4v) is 3.08. The lowest BCUT2D eigenvalue weighted by Gasteiger charge is -2.33. The Labute approximate surface area is 116 Å². The molecule has 1 aromatic rings. The minimum absolute atomic E-state index is 0.494. The van der Waals surface area contributed by atoms with Crippen LogP contribution in [0, 0.1) is 5.92 Å². The van der Waals surface area contributed by atoms with Crippen molar-refractivity contribution in [1.29, 1.82) is 0 Å². The molecule has 1 heterocycles. The van der Waals surface area contributed by atoms with Gasteiger partial charge in [0.2, 0.25) is 0 Å². The molecule has 19 heavy (non-hydrogen) atoms. The molecule has 3 heteroatoms. The van der Waals surface area contributed by atoms with Crippen LogP contribution in [0.1, 0.15) is 43.9 Å². The zero-order valence-corrected chi connectivity index (χ0v) is 12.4. The van der Waals surface area contributed by atoms with Crippen LogP contribution in [0.2, 0.25) is 0 Å². The zero-order valence-electron chi connectivity index (χ0n) is 12.4. The van der Waals surface area contributed by atoms with Gasteiger partial charge >= 0.3 is 0 Å². The SMILES string of the molecule is COCCNC(C)C(C)C1CCCc2cccnc21. The Morgan fingerprint density at radius 3 is 3.11 bits per heavy atom. The van der Waals surface area contributed by atoms with Crippen LogP contribution < -0.4 is 5.32 Å². The van der Waals surface area contributed by atoms with Gasteiger partial charge < -0.3 is 10.1 Å². The predicted molar refractivity (Wildman–Crippen MR) is 78.4 cm³/mol. The lowest BCUT2D eigenvalue weighted by Crippen LogP contribution is -2.38. The van der Waals surface area contributed by atoms with E-state index in [0.717, 1.165) is 13.2 Å². The minimum atomic E-state index is 0.494. The van der Waals surface area contributed by atoms with Crippen LogP contribution in [-0.4, -0.2) is 31.3 Å². The van der Waals surface area contributed by atoms with E-state index in [1.165, 1.54) is 30.5 Å². The topological polar surface area (TPSA) is 34.1 Å². The maximum atomic E-state index is 5.10. The van der Waals surface area contributed by atoms with Gasteiger partial charge in [0, 0.05) is 37.5 Å². The lowest BCUT2D eigenvalue weighted by atomic mass is 9.77. The number of hydrogen-bond donors (Lipinski definition) is 1. The van der Waals surface area contributed by atoms with Crippen LogP contribution in [0.25, 0.3) is 0 Å². The standard InChI is InChI=1S/C16H26N2O/c1-12(13(2)17-10-11-19-3)15-8-4-6-14-7-5-9-18-16(14)15/h5,7,9,12-13,15,17H,4,6,8,10-11H2,1-3H3. The highest BCUT2D eigenvalue weighted by atomic mass is 16.5. The van der Waals surface area contributed by atoms with Gasteiger partial charge in [0.05, 0.1) is 6.61 Å². The summed E-state index contributed by atoms with van der Waals surface area (Å²) in [6, 6.07) is 4.80. The number of ether oxygens (including phenoxy) is 1. The molecule has 0 saturated carbocycles. The van der Waals surface area contributed by atoms with Crippen molar-refractivity contribution in [2.75, 3.05) is 20.3 Å². The molecule has 3 unspecified atom stereocenters. The third kappa shape index (κ3) is 3.54. The van der Waals surface area contributed by atoms with E-state index < -0.39 is 0 Å². The molecule has 0 saturated heterocycles. The molecule has 2 rings (SSSR count). The monoisotopic (exact) mass is 262 g/mol. The van der Waals surface area contributed by atoms with E-state index in [1.54, 1.807) is 7.11 Å². The summed E-state index contributed by atoms with van der Waals surface area (Å²) in [5, 5.41) is 3.56. The number of nitrogens with one attached hydrogen (secondary N) is 1. The molecule has 106 valence electrons. The summed E-state index contributed by atoms with van der Waals surface area (Å²) in [6.07, 6.45) is 5.69. The van der Waals surface area contributed by atoms with Gasteiger partial charge in [-0.05, 0) is 43.7 Å². The van der Waals surface area contributed by atoms with E-state index in [4.69, 9.17) is 4.74 Å². The summed E-state index contributed by atoms with van der Waals surface area (Å²) < 4.78 is 5.10. The highest BCUT2D eigenvalue weighted by molar-refractivity contribution is 5.26. The van der Waals surface area contributed by atoms with Crippen molar-refractivity contribution in [3.05, 3.63) is 29.6 Å². The Morgan fingerprint density at radius 1 is 1.47 bits per heavy atom. The average molecular weight is 262 g/mol. The Balaban J connectivity index is 2.01. The molecule has 1 aliphatic carbocycles. The van der Waals surface area contributed by atoms with Crippen LogP contribution in [0.4, 0.5) is 0 Å². The van der Waals surface area contributed by atoms with E-state index in [0.29, 0.717) is 17.9 Å². The lowest BCUT2D eigenvalue weighted by molar-refractivity contribution is 0.189. The normalized spacial score (nSPS) is 21.7. The Morgan fingerprint density at radius 2 is 2.32 bits per heavy atom. The average Bonchev–Trinajstić information content (AvgIpc) is 2.46. The molecule has 0 aliphatic heterocycles. The smallest absolute Gasteiger partial charge is 0.0587 e. The van der Waals surface area contributed by atoms with Gasteiger partial charge in [0.1, 0.15) is 0 Å². The van der Waals surface area contributed by atoms with Crippen molar-refractivity contribution in [2.24, 2.45) is 5.92 Å². The molecule has 0 amide bonds. The summed E-state index contributed by atoms with van der Waals surface area (Å²) in [7, 11) is 1.75. The van der Waals surface area contributed by atoms with Crippen molar-refractivity contribution in [3.63, 3.8) is 0 Å². The fourth-order valence-electron chi connectivity index (χ4n) is 3.08. The van der Waals surface area contributed by atoms with E-state index in [2.05, 4.69) is 36.3 Å². The highest BCUT2D eigenvalue weighted by Gasteiger charge is 2.29. The van der Waals surface area contributed by atoms with E-state index in [9.17, 15) is 0 Å². The molecule has 3 atom stereocenters. The largest absolute Gasteiger partial charge is 0.383 e. The number of hydrogen-bond acceptors (Lipinski definition) is 3. The van der Waals surface area contributed by atoms with Crippen LogP contribution in [0.15, 0.2) is 18.3 Å². The van der Waals surface area contributed by atoms with Gasteiger partial charge in [0.25, 0.3) is 0 Å². The van der Waals surface area contributed by atoms with Gasteiger partial charge in [-0.15, -0.1) is 0 Å². The van der Waals surface area contributed by atoms with Crippen molar-refractivity contribution in [3.8, 4) is 0 Å². The van der Waals surface area contributed by atoms with Crippen LogP contribution in [-0.2, 0) is 11.2 Å². The number of aryl methyl sites for hydroxylation is 1. The number of nitrogens with zero attached hydrogens (tertiary/aromatic N) is 1. The molecule has 3 nitrogen and oxygen atoms in total. The quantitative estimate of drug-likeness (QED) is 0.800. The summed E-state index contributed by atoms with van der Waals surface area (Å²) >= 11 is 0. The predicted octanol–water partition coefficient (Wildman–Crippen LogP) is 2.76. The van der Waals surface area contributed by atoms with Crippen molar-refractivity contribution < 1.29 is 4.74 Å². The second kappa shape index (κ2) is 7.01. The summed E-state index contributed by atoms with van der Waals surface area (Å²) in [6.45, 7) is 6.32. The number of pyridine rings is 1. The molecule has 1 aliphatic rings. The van der Waals surface area contributed by atoms with Gasteiger partial charge in [-0.25, -0.2) is 0 Å². The van der Waals surface area contributed by atoms with Crippen molar-refractivity contribution >= 4 is 0 Å². The molecular weight excluding hydrogens is 236 g/mol. The second-order valence-electron chi connectivity index (χ2n) is 5.64. The Hall–Kier alpha value is -0.930. The first-order chi connectivity index (χ1) is 9.24. The van der Waals surface area contributed by atoms with Gasteiger partial charge in [0.15, 0.2) is 0 Å². The van der Waals surface area contributed by atoms with Crippen LogP contribution >= 0.6 is 0 Å². The highest BCUT2D eigenvalue weighted by Crippen LogP contribution is 2.36. The van der Waals surface area contributed by atoms with Gasteiger partial charge in [-0.3, -0.25) is 4.98 Å². The molecule has 1 N–H and O–H groups in total. The number of aromatic nitrogens is 1. The first-order valence-corrected chi connectivity index (χ1v) is 7.40. The van der Waals surface area contributed by atoms with Gasteiger partial charge in [-0.1, -0.05) is 13.0 Å². The number of methoxy groups -OCH3 is 1. The maximum absolute atomic E-state index is 5.10. The summed E-state index contributed by atoms with van der Waals surface area (Å²) in [4.78, 5) is 4.65. The molecule has 0 bridgehead atoms. The second-order valence-corrected chi connectivity index (χ2v) is 5.64. The fraction of sp³-hybridized carbons (Fsp3) is 0.688. The number of rotatable bonds is 6. The third-order valence-corrected chi connectivity index (χ3v) is 4.43. The van der Waals surface area contributed by atoms with Crippen molar-refractivity contribution in [2.45, 2.75) is 45.1 Å². The summed E-state index contributed by atoms with van der Waals surface area (Å²) in [5.41, 5.74) is 2.79. The Bertz CT molecular complexity index is 394. The van der Waals surface area contributed by atoms with E-state index >= 15 is 0 Å². The third-order valence-electron chi connectivity index (χ3n) is 4.43. The number of fused-ring (bicyclic) bond motifs is 1. The minimum Gasteiger partial charge on any atom is -0.383 e.